The summed E-state index contributed by atoms with van der Waals surface area (Å²) in [6, 6.07) is 10.0. The number of rotatable bonds is 3. The minimum absolute atomic E-state index is 0.349. The molecule has 0 bridgehead atoms. The molecule has 90 valence electrons. The van der Waals surface area contributed by atoms with Crippen molar-refractivity contribution in [1.29, 1.82) is 5.26 Å². The number of aromatic nitrogens is 3. The van der Waals surface area contributed by atoms with Gasteiger partial charge in [0.25, 0.3) is 0 Å². The molecule has 0 spiro atoms. The third-order valence-corrected chi connectivity index (χ3v) is 2.55. The summed E-state index contributed by atoms with van der Waals surface area (Å²) in [6.45, 7) is 8.37. The van der Waals surface area contributed by atoms with Gasteiger partial charge in [0.15, 0.2) is 5.69 Å². The summed E-state index contributed by atoms with van der Waals surface area (Å²) in [5.41, 5.74) is 4.17. The maximum atomic E-state index is 9.11. The maximum Gasteiger partial charge on any atom is 0.190 e. The van der Waals surface area contributed by atoms with E-state index in [2.05, 4.69) is 23.0 Å². The maximum absolute atomic E-state index is 9.11. The summed E-state index contributed by atoms with van der Waals surface area (Å²) < 4.78 is 1.72. The molecule has 0 saturated heterocycles. The van der Waals surface area contributed by atoms with Crippen molar-refractivity contribution in [2.24, 2.45) is 0 Å². The summed E-state index contributed by atoms with van der Waals surface area (Å²) in [5.74, 6) is 0. The number of allylic oxidation sites excluding steroid dienone is 1. The zero-order chi connectivity index (χ0) is 13.1. The van der Waals surface area contributed by atoms with Crippen LogP contribution in [0.2, 0.25) is 0 Å². The highest BCUT2D eigenvalue weighted by Gasteiger charge is 2.14. The summed E-state index contributed by atoms with van der Waals surface area (Å²) in [4.78, 5) is 0. The van der Waals surface area contributed by atoms with E-state index in [0.717, 1.165) is 22.4 Å². The zero-order valence-electron chi connectivity index (χ0n) is 10.5. The molecule has 1 aromatic heterocycles. The number of benzene rings is 1. The number of hydrogen-bond donors (Lipinski definition) is 0. The molecule has 0 fully saturated rings. The Morgan fingerprint density at radius 1 is 1.50 bits per heavy atom. The first-order valence-electron chi connectivity index (χ1n) is 5.67. The Hall–Kier alpha value is -2.41. The molecule has 4 nitrogen and oxygen atoms in total. The Labute approximate surface area is 106 Å². The molecule has 0 amide bonds. The van der Waals surface area contributed by atoms with Gasteiger partial charge in [-0.2, -0.15) is 5.26 Å². The van der Waals surface area contributed by atoms with Crippen LogP contribution < -0.4 is 0 Å². The van der Waals surface area contributed by atoms with Crippen LogP contribution in [-0.2, 0) is 6.54 Å². The number of nitriles is 1. The molecule has 1 aromatic carbocycles. The quantitative estimate of drug-likeness (QED) is 0.772. The first kappa shape index (κ1) is 12.1. The highest BCUT2D eigenvalue weighted by molar-refractivity contribution is 5.65. The molecule has 0 aliphatic rings. The fourth-order valence-electron chi connectivity index (χ4n) is 1.83. The fourth-order valence-corrected chi connectivity index (χ4v) is 1.83. The van der Waals surface area contributed by atoms with E-state index < -0.39 is 0 Å². The largest absolute Gasteiger partial charge is 0.239 e. The lowest BCUT2D eigenvalue weighted by atomic mass is 10.1. The monoisotopic (exact) mass is 238 g/mol. The van der Waals surface area contributed by atoms with E-state index in [0.29, 0.717) is 12.2 Å². The van der Waals surface area contributed by atoms with Gasteiger partial charge in [0, 0.05) is 5.56 Å². The molecule has 18 heavy (non-hydrogen) atoms. The second kappa shape index (κ2) is 4.84. The first-order valence-corrected chi connectivity index (χ1v) is 5.67. The van der Waals surface area contributed by atoms with Crippen LogP contribution in [0.3, 0.4) is 0 Å². The van der Waals surface area contributed by atoms with E-state index in [9.17, 15) is 0 Å². The van der Waals surface area contributed by atoms with Gasteiger partial charge in [0.2, 0.25) is 0 Å². The van der Waals surface area contributed by atoms with E-state index in [1.807, 2.05) is 38.1 Å². The van der Waals surface area contributed by atoms with Crippen molar-refractivity contribution in [2.45, 2.75) is 20.4 Å². The highest BCUT2D eigenvalue weighted by Crippen LogP contribution is 2.23. The molecular weight excluding hydrogens is 224 g/mol. The van der Waals surface area contributed by atoms with Crippen LogP contribution >= 0.6 is 0 Å². The predicted molar refractivity (Wildman–Crippen MR) is 69.7 cm³/mol. The fraction of sp³-hybridized carbons (Fsp3) is 0.214. The Morgan fingerprint density at radius 3 is 2.89 bits per heavy atom. The van der Waals surface area contributed by atoms with Gasteiger partial charge >= 0.3 is 0 Å². The van der Waals surface area contributed by atoms with Crippen molar-refractivity contribution in [3.05, 3.63) is 47.7 Å². The number of aryl methyl sites for hydroxylation is 1. The predicted octanol–water partition coefficient (Wildman–Crippen LogP) is 2.70. The zero-order valence-corrected chi connectivity index (χ0v) is 10.5. The molecular formula is C14H14N4. The summed E-state index contributed by atoms with van der Waals surface area (Å²) in [5, 5.41) is 17.0. The Morgan fingerprint density at radius 2 is 2.28 bits per heavy atom. The molecule has 2 aromatic rings. The standard InChI is InChI=1S/C14H14N4/c1-10(2)9-18-14(13(8-15)16-17-18)12-6-4-5-11(3)7-12/h4-7H,1,9H2,2-3H3. The molecule has 0 N–H and O–H groups in total. The highest BCUT2D eigenvalue weighted by atomic mass is 15.4. The molecule has 0 unspecified atom stereocenters. The van der Waals surface area contributed by atoms with Crippen LogP contribution in [-0.4, -0.2) is 15.0 Å². The van der Waals surface area contributed by atoms with Gasteiger partial charge in [-0.15, -0.1) is 5.10 Å². The molecule has 1 heterocycles. The summed E-state index contributed by atoms with van der Waals surface area (Å²) in [6.07, 6.45) is 0. The number of nitrogens with zero attached hydrogens (tertiary/aromatic N) is 4. The minimum atomic E-state index is 0.349. The van der Waals surface area contributed by atoms with Crippen LogP contribution in [0.25, 0.3) is 11.3 Å². The van der Waals surface area contributed by atoms with Crippen LogP contribution in [0.5, 0.6) is 0 Å². The molecule has 4 heteroatoms. The minimum Gasteiger partial charge on any atom is -0.239 e. The van der Waals surface area contributed by atoms with Crippen molar-refractivity contribution in [2.75, 3.05) is 0 Å². The molecule has 0 radical (unpaired) electrons. The van der Waals surface area contributed by atoms with E-state index in [4.69, 9.17) is 5.26 Å². The van der Waals surface area contributed by atoms with Crippen LogP contribution in [0.15, 0.2) is 36.4 Å². The molecule has 0 atom stereocenters. The van der Waals surface area contributed by atoms with Crippen LogP contribution in [0, 0.1) is 18.3 Å². The Balaban J connectivity index is 2.57. The lowest BCUT2D eigenvalue weighted by Gasteiger charge is -2.07. The van der Waals surface area contributed by atoms with E-state index >= 15 is 0 Å². The van der Waals surface area contributed by atoms with Gasteiger partial charge < -0.3 is 0 Å². The average molecular weight is 238 g/mol. The van der Waals surface area contributed by atoms with Crippen molar-refractivity contribution >= 4 is 0 Å². The van der Waals surface area contributed by atoms with Gasteiger partial charge in [-0.1, -0.05) is 41.1 Å². The molecule has 0 aliphatic heterocycles. The second-order valence-electron chi connectivity index (χ2n) is 4.38. The SMILES string of the molecule is C=C(C)Cn1nnc(C#N)c1-c1cccc(C)c1. The van der Waals surface area contributed by atoms with Gasteiger partial charge in [-0.05, 0) is 19.9 Å². The van der Waals surface area contributed by atoms with E-state index in [-0.39, 0.29) is 0 Å². The molecule has 2 rings (SSSR count). The molecule has 0 saturated carbocycles. The Kier molecular flexibility index (Phi) is 3.24. The van der Waals surface area contributed by atoms with Gasteiger partial charge in [-0.25, -0.2) is 4.68 Å². The topological polar surface area (TPSA) is 54.5 Å². The van der Waals surface area contributed by atoms with E-state index in [1.165, 1.54) is 0 Å². The Bertz CT molecular complexity index is 631. The van der Waals surface area contributed by atoms with E-state index in [1.54, 1.807) is 4.68 Å². The van der Waals surface area contributed by atoms with Crippen molar-refractivity contribution in [3.63, 3.8) is 0 Å². The van der Waals surface area contributed by atoms with Crippen LogP contribution in [0.1, 0.15) is 18.2 Å². The van der Waals surface area contributed by atoms with Crippen molar-refractivity contribution < 1.29 is 0 Å². The third-order valence-electron chi connectivity index (χ3n) is 2.55. The average Bonchev–Trinajstić information content (AvgIpc) is 2.71. The summed E-state index contributed by atoms with van der Waals surface area (Å²) in [7, 11) is 0. The third kappa shape index (κ3) is 2.30. The number of hydrogen-bond acceptors (Lipinski definition) is 3. The smallest absolute Gasteiger partial charge is 0.190 e. The molecule has 0 aliphatic carbocycles. The van der Waals surface area contributed by atoms with Crippen LogP contribution in [0.4, 0.5) is 0 Å². The first-order chi connectivity index (χ1) is 8.61. The second-order valence-corrected chi connectivity index (χ2v) is 4.38. The van der Waals surface area contributed by atoms with Gasteiger partial charge in [0.05, 0.1) is 6.54 Å². The lowest BCUT2D eigenvalue weighted by molar-refractivity contribution is 0.649. The normalized spacial score (nSPS) is 10.1. The van der Waals surface area contributed by atoms with Crippen molar-refractivity contribution in [1.82, 2.24) is 15.0 Å². The van der Waals surface area contributed by atoms with Gasteiger partial charge in [0.1, 0.15) is 11.8 Å². The van der Waals surface area contributed by atoms with Gasteiger partial charge in [-0.3, -0.25) is 0 Å². The summed E-state index contributed by atoms with van der Waals surface area (Å²) >= 11 is 0. The van der Waals surface area contributed by atoms with Crippen molar-refractivity contribution in [3.8, 4) is 17.3 Å². The lowest BCUT2D eigenvalue weighted by Crippen LogP contribution is -2.03.